The summed E-state index contributed by atoms with van der Waals surface area (Å²) in [5.41, 5.74) is 7.11. The average Bonchev–Trinajstić information content (AvgIpc) is 2.73. The van der Waals surface area contributed by atoms with Gasteiger partial charge < -0.3 is 10.5 Å². The van der Waals surface area contributed by atoms with Crippen molar-refractivity contribution in [2.45, 2.75) is 0 Å². The quantitative estimate of drug-likeness (QED) is 0.783. The van der Waals surface area contributed by atoms with Gasteiger partial charge in [0.2, 0.25) is 11.8 Å². The third-order valence-electron chi connectivity index (χ3n) is 2.74. The van der Waals surface area contributed by atoms with Crippen LogP contribution >= 0.6 is 11.6 Å². The van der Waals surface area contributed by atoms with Crippen LogP contribution in [0.25, 0.3) is 16.9 Å². The number of fused-ring (bicyclic) bond motifs is 1. The third kappa shape index (κ3) is 1.92. The van der Waals surface area contributed by atoms with Gasteiger partial charge in [-0.25, -0.2) is 14.4 Å². The highest BCUT2D eigenvalue weighted by Crippen LogP contribution is 2.27. The third-order valence-corrected chi connectivity index (χ3v) is 2.95. The van der Waals surface area contributed by atoms with Crippen LogP contribution in [0.15, 0.2) is 24.5 Å². The van der Waals surface area contributed by atoms with E-state index < -0.39 is 5.82 Å². The van der Waals surface area contributed by atoms with Crippen molar-refractivity contribution in [3.63, 3.8) is 0 Å². The Kier molecular flexibility index (Phi) is 2.90. The maximum atomic E-state index is 13.5. The second kappa shape index (κ2) is 4.61. The van der Waals surface area contributed by atoms with E-state index >= 15 is 0 Å². The molecule has 0 fully saturated rings. The Morgan fingerprint density at radius 2 is 2.10 bits per heavy atom. The molecule has 0 aliphatic heterocycles. The molecular formula is C12H9ClFN5O. The number of aromatic nitrogens is 4. The molecule has 0 spiro atoms. The summed E-state index contributed by atoms with van der Waals surface area (Å²) < 4.78 is 20.1. The Hall–Kier alpha value is -2.41. The van der Waals surface area contributed by atoms with Gasteiger partial charge in [-0.1, -0.05) is 11.6 Å². The van der Waals surface area contributed by atoms with E-state index in [1.165, 1.54) is 30.1 Å². The summed E-state index contributed by atoms with van der Waals surface area (Å²) >= 11 is 5.86. The van der Waals surface area contributed by atoms with Crippen molar-refractivity contribution in [1.82, 2.24) is 19.5 Å². The summed E-state index contributed by atoms with van der Waals surface area (Å²) in [6.45, 7) is 0. The molecule has 0 unspecified atom stereocenters. The van der Waals surface area contributed by atoms with Crippen molar-refractivity contribution in [1.29, 1.82) is 0 Å². The Labute approximate surface area is 118 Å². The number of ether oxygens (including phenoxy) is 1. The average molecular weight is 294 g/mol. The van der Waals surface area contributed by atoms with E-state index in [9.17, 15) is 4.39 Å². The summed E-state index contributed by atoms with van der Waals surface area (Å²) in [5.74, 6) is -0.0433. The molecule has 2 N–H and O–H groups in total. The lowest BCUT2D eigenvalue weighted by Gasteiger charge is -2.06. The minimum Gasteiger partial charge on any atom is -0.479 e. The lowest BCUT2D eigenvalue weighted by molar-refractivity contribution is 0.401. The summed E-state index contributed by atoms with van der Waals surface area (Å²) in [5, 5.41) is 0.252. The van der Waals surface area contributed by atoms with Gasteiger partial charge in [0, 0.05) is 5.02 Å². The van der Waals surface area contributed by atoms with E-state index in [1.807, 2.05) is 0 Å². The first-order chi connectivity index (χ1) is 9.60. The fourth-order valence-corrected chi connectivity index (χ4v) is 2.18. The fourth-order valence-electron chi connectivity index (χ4n) is 1.96. The van der Waals surface area contributed by atoms with E-state index in [4.69, 9.17) is 22.1 Å². The SMILES string of the molecule is COc1ncnc2c1nc(N)n2-c1cc(F)cc(Cl)c1. The van der Waals surface area contributed by atoms with Gasteiger partial charge in [0.25, 0.3) is 0 Å². The van der Waals surface area contributed by atoms with Crippen molar-refractivity contribution in [3.8, 4) is 11.6 Å². The molecule has 0 saturated carbocycles. The van der Waals surface area contributed by atoms with Crippen LogP contribution in [0.2, 0.25) is 5.02 Å². The van der Waals surface area contributed by atoms with Gasteiger partial charge >= 0.3 is 0 Å². The van der Waals surface area contributed by atoms with E-state index in [-0.39, 0.29) is 11.0 Å². The monoisotopic (exact) mass is 293 g/mol. The number of nitrogens with two attached hydrogens (primary N) is 1. The zero-order valence-electron chi connectivity index (χ0n) is 10.3. The highest BCUT2D eigenvalue weighted by molar-refractivity contribution is 6.30. The second-order valence-electron chi connectivity index (χ2n) is 3.99. The molecule has 0 atom stereocenters. The maximum absolute atomic E-state index is 13.5. The van der Waals surface area contributed by atoms with Gasteiger partial charge in [0.1, 0.15) is 12.1 Å². The van der Waals surface area contributed by atoms with E-state index in [2.05, 4.69) is 15.0 Å². The van der Waals surface area contributed by atoms with Crippen LogP contribution in [0.1, 0.15) is 0 Å². The number of methoxy groups -OCH3 is 1. The number of hydrogen-bond acceptors (Lipinski definition) is 5. The molecule has 1 aromatic carbocycles. The molecule has 3 rings (SSSR count). The van der Waals surface area contributed by atoms with Gasteiger partial charge in [-0.3, -0.25) is 4.57 Å². The normalized spacial score (nSPS) is 10.9. The topological polar surface area (TPSA) is 78.8 Å². The molecule has 2 aromatic heterocycles. The number of nitrogen functional groups attached to an aromatic ring is 1. The van der Waals surface area contributed by atoms with Crippen molar-refractivity contribution in [2.24, 2.45) is 0 Å². The molecule has 0 bridgehead atoms. The number of imidazole rings is 1. The zero-order valence-corrected chi connectivity index (χ0v) is 11.1. The van der Waals surface area contributed by atoms with Gasteiger partial charge in [-0.05, 0) is 18.2 Å². The Bertz CT molecular complexity index is 784. The number of benzene rings is 1. The van der Waals surface area contributed by atoms with Crippen molar-refractivity contribution >= 4 is 28.7 Å². The van der Waals surface area contributed by atoms with E-state index in [0.29, 0.717) is 22.7 Å². The molecular weight excluding hydrogens is 285 g/mol. The first kappa shape index (κ1) is 12.6. The van der Waals surface area contributed by atoms with Crippen LogP contribution in [0.5, 0.6) is 5.88 Å². The second-order valence-corrected chi connectivity index (χ2v) is 4.42. The van der Waals surface area contributed by atoms with Crippen molar-refractivity contribution in [3.05, 3.63) is 35.4 Å². The van der Waals surface area contributed by atoms with Crippen molar-refractivity contribution in [2.75, 3.05) is 12.8 Å². The molecule has 8 heteroatoms. The molecule has 3 aromatic rings. The number of anilines is 1. The molecule has 6 nitrogen and oxygen atoms in total. The largest absolute Gasteiger partial charge is 0.479 e. The molecule has 0 amide bonds. The fraction of sp³-hybridized carbons (Fsp3) is 0.0833. The molecule has 0 aliphatic rings. The minimum absolute atomic E-state index is 0.139. The minimum atomic E-state index is -0.477. The molecule has 0 radical (unpaired) electrons. The maximum Gasteiger partial charge on any atom is 0.245 e. The van der Waals surface area contributed by atoms with Crippen LogP contribution in [0.4, 0.5) is 10.3 Å². The molecule has 102 valence electrons. The highest BCUT2D eigenvalue weighted by Gasteiger charge is 2.16. The van der Waals surface area contributed by atoms with E-state index in [0.717, 1.165) is 0 Å². The summed E-state index contributed by atoms with van der Waals surface area (Å²) in [4.78, 5) is 12.2. The number of rotatable bonds is 2. The Morgan fingerprint density at radius 1 is 1.30 bits per heavy atom. The van der Waals surface area contributed by atoms with E-state index in [1.54, 1.807) is 6.07 Å². The summed E-state index contributed by atoms with van der Waals surface area (Å²) in [6.07, 6.45) is 1.32. The van der Waals surface area contributed by atoms with Gasteiger partial charge in [0.15, 0.2) is 11.2 Å². The number of halogens is 2. The van der Waals surface area contributed by atoms with Gasteiger partial charge in [-0.15, -0.1) is 0 Å². The lowest BCUT2D eigenvalue weighted by atomic mass is 10.3. The van der Waals surface area contributed by atoms with Crippen molar-refractivity contribution < 1.29 is 9.13 Å². The van der Waals surface area contributed by atoms with Gasteiger partial charge in [0.05, 0.1) is 12.8 Å². The molecule has 0 aliphatic carbocycles. The van der Waals surface area contributed by atoms with Crippen LogP contribution in [0.3, 0.4) is 0 Å². The van der Waals surface area contributed by atoms with Gasteiger partial charge in [-0.2, -0.15) is 4.98 Å². The standard InChI is InChI=1S/C12H9ClFN5O/c1-20-11-9-10(16-5-17-11)19(12(15)18-9)8-3-6(13)2-7(14)4-8/h2-5H,1H3,(H2,15,18). The number of nitrogens with zero attached hydrogens (tertiary/aromatic N) is 4. The number of hydrogen-bond donors (Lipinski definition) is 1. The van der Waals surface area contributed by atoms with Crippen LogP contribution < -0.4 is 10.5 Å². The smallest absolute Gasteiger partial charge is 0.245 e. The van der Waals surface area contributed by atoms with Crippen LogP contribution in [0, 0.1) is 5.82 Å². The molecule has 20 heavy (non-hydrogen) atoms. The van der Waals surface area contributed by atoms with Crippen LogP contribution in [-0.4, -0.2) is 26.6 Å². The first-order valence-electron chi connectivity index (χ1n) is 5.59. The highest BCUT2D eigenvalue weighted by atomic mass is 35.5. The summed E-state index contributed by atoms with van der Waals surface area (Å²) in [7, 11) is 1.47. The predicted molar refractivity (Wildman–Crippen MR) is 72.6 cm³/mol. The first-order valence-corrected chi connectivity index (χ1v) is 5.97. The zero-order chi connectivity index (χ0) is 14.3. The Balaban J connectivity index is 2.33. The Morgan fingerprint density at radius 3 is 2.80 bits per heavy atom. The molecule has 0 saturated heterocycles. The predicted octanol–water partition coefficient (Wildman–Crippen LogP) is 2.20. The molecule has 2 heterocycles. The van der Waals surface area contributed by atoms with Crippen LogP contribution in [-0.2, 0) is 0 Å². The lowest BCUT2D eigenvalue weighted by Crippen LogP contribution is -2.02. The summed E-state index contributed by atoms with van der Waals surface area (Å²) in [6, 6.07) is 4.06.